The van der Waals surface area contributed by atoms with Crippen molar-refractivity contribution in [2.45, 2.75) is 32.7 Å². The Bertz CT molecular complexity index is 498. The Hall–Kier alpha value is -1.62. The zero-order chi connectivity index (χ0) is 15.4. The third-order valence-electron chi connectivity index (χ3n) is 4.20. The Morgan fingerprint density at radius 2 is 2.14 bits per heavy atom. The highest BCUT2D eigenvalue weighted by Crippen LogP contribution is 2.30. The summed E-state index contributed by atoms with van der Waals surface area (Å²) in [6, 6.07) is 5.03. The van der Waals surface area contributed by atoms with Crippen LogP contribution in [-0.4, -0.2) is 25.5 Å². The van der Waals surface area contributed by atoms with Crippen LogP contribution in [0.3, 0.4) is 0 Å². The fraction of sp³-hybridized carbons (Fsp3) is 0.562. The molecule has 1 aliphatic rings. The maximum Gasteiger partial charge on any atom is 0.220 e. The molecule has 0 aromatic heterocycles. The zero-order valence-corrected chi connectivity index (χ0v) is 12.7. The van der Waals surface area contributed by atoms with Gasteiger partial charge in [-0.25, -0.2) is 4.39 Å². The maximum atomic E-state index is 13.6. The van der Waals surface area contributed by atoms with Crippen LogP contribution in [0.25, 0.3) is 0 Å². The zero-order valence-electron chi connectivity index (χ0n) is 12.7. The number of hydrogen-bond acceptors (Lipinski definition) is 3. The molecule has 1 aromatic carbocycles. The molecule has 0 bridgehead atoms. The number of carbonyl (C=O) groups excluding carboxylic acids is 1. The molecule has 1 heterocycles. The molecule has 0 spiro atoms. The molecule has 4 nitrogen and oxygen atoms in total. The van der Waals surface area contributed by atoms with Crippen molar-refractivity contribution < 1.29 is 9.18 Å². The monoisotopic (exact) mass is 293 g/mol. The number of nitrogens with two attached hydrogens (primary N) is 1. The number of carbonyl (C=O) groups is 1. The van der Waals surface area contributed by atoms with Crippen LogP contribution in [0.5, 0.6) is 0 Å². The summed E-state index contributed by atoms with van der Waals surface area (Å²) in [5.41, 5.74) is 7.39. The van der Waals surface area contributed by atoms with Crippen molar-refractivity contribution in [1.82, 2.24) is 5.32 Å². The number of piperidine rings is 1. The minimum atomic E-state index is -0.217. The first-order valence-electron chi connectivity index (χ1n) is 7.60. The van der Waals surface area contributed by atoms with Crippen molar-refractivity contribution in [1.29, 1.82) is 0 Å². The largest absolute Gasteiger partial charge is 0.371 e. The molecular formula is C16H24FN3O. The third kappa shape index (κ3) is 3.73. The highest BCUT2D eigenvalue weighted by molar-refractivity contribution is 5.77. The van der Waals surface area contributed by atoms with Gasteiger partial charge in [-0.1, -0.05) is 6.92 Å². The summed E-state index contributed by atoms with van der Waals surface area (Å²) in [5, 5.41) is 3.33. The molecule has 0 aliphatic carbocycles. The number of hydrogen-bond donors (Lipinski definition) is 2. The molecule has 5 heteroatoms. The van der Waals surface area contributed by atoms with Gasteiger partial charge in [-0.2, -0.15) is 0 Å². The van der Waals surface area contributed by atoms with Gasteiger partial charge in [0.2, 0.25) is 5.91 Å². The van der Waals surface area contributed by atoms with Crippen LogP contribution in [0.2, 0.25) is 0 Å². The van der Waals surface area contributed by atoms with E-state index in [1.165, 1.54) is 6.07 Å². The van der Waals surface area contributed by atoms with Crippen molar-refractivity contribution in [3.63, 3.8) is 0 Å². The Labute approximate surface area is 125 Å². The summed E-state index contributed by atoms with van der Waals surface area (Å²) in [6.45, 7) is 6.47. The lowest BCUT2D eigenvalue weighted by Crippen LogP contribution is -2.39. The van der Waals surface area contributed by atoms with Gasteiger partial charge in [0.05, 0.1) is 0 Å². The second kappa shape index (κ2) is 6.89. The van der Waals surface area contributed by atoms with Gasteiger partial charge in [-0.15, -0.1) is 0 Å². The number of anilines is 1. The van der Waals surface area contributed by atoms with Crippen LogP contribution in [0.1, 0.15) is 38.3 Å². The average molecular weight is 293 g/mol. The van der Waals surface area contributed by atoms with E-state index in [0.29, 0.717) is 0 Å². The van der Waals surface area contributed by atoms with Crippen LogP contribution in [-0.2, 0) is 4.79 Å². The van der Waals surface area contributed by atoms with E-state index in [9.17, 15) is 9.18 Å². The average Bonchev–Trinajstić information content (AvgIpc) is 2.47. The topological polar surface area (TPSA) is 58.4 Å². The fourth-order valence-electron chi connectivity index (χ4n) is 2.98. The molecule has 21 heavy (non-hydrogen) atoms. The van der Waals surface area contributed by atoms with Crippen molar-refractivity contribution in [2.75, 3.05) is 24.5 Å². The molecular weight excluding hydrogens is 269 g/mol. The van der Waals surface area contributed by atoms with Gasteiger partial charge in [-0.05, 0) is 50.1 Å². The predicted molar refractivity (Wildman–Crippen MR) is 82.6 cm³/mol. The molecule has 1 aromatic rings. The molecule has 1 amide bonds. The van der Waals surface area contributed by atoms with Crippen LogP contribution in [0.15, 0.2) is 18.2 Å². The Kier molecular flexibility index (Phi) is 5.17. The van der Waals surface area contributed by atoms with E-state index in [1.807, 2.05) is 19.9 Å². The summed E-state index contributed by atoms with van der Waals surface area (Å²) in [5.74, 6) is -0.461. The summed E-state index contributed by atoms with van der Waals surface area (Å²) in [4.78, 5) is 13.5. The van der Waals surface area contributed by atoms with Crippen molar-refractivity contribution in [2.24, 2.45) is 11.7 Å². The lowest BCUT2D eigenvalue weighted by atomic mass is 9.94. The van der Waals surface area contributed by atoms with Crippen molar-refractivity contribution >= 4 is 11.6 Å². The summed E-state index contributed by atoms with van der Waals surface area (Å²) < 4.78 is 13.6. The van der Waals surface area contributed by atoms with Gasteiger partial charge >= 0.3 is 0 Å². The first-order chi connectivity index (χ1) is 10.0. The van der Waals surface area contributed by atoms with Gasteiger partial charge in [0.1, 0.15) is 5.82 Å². The molecule has 2 rings (SSSR count). The van der Waals surface area contributed by atoms with E-state index in [1.54, 1.807) is 6.07 Å². The van der Waals surface area contributed by atoms with Gasteiger partial charge < -0.3 is 16.0 Å². The molecule has 0 saturated carbocycles. The quantitative estimate of drug-likeness (QED) is 0.875. The second-order valence-corrected chi connectivity index (χ2v) is 5.65. The van der Waals surface area contributed by atoms with E-state index in [2.05, 4.69) is 10.2 Å². The third-order valence-corrected chi connectivity index (χ3v) is 4.20. The Balaban J connectivity index is 2.18. The molecule has 1 fully saturated rings. The molecule has 1 unspecified atom stereocenters. The van der Waals surface area contributed by atoms with E-state index in [4.69, 9.17) is 5.73 Å². The van der Waals surface area contributed by atoms with Gasteiger partial charge in [-0.3, -0.25) is 4.79 Å². The first kappa shape index (κ1) is 15.8. The van der Waals surface area contributed by atoms with E-state index >= 15 is 0 Å². The number of nitrogens with one attached hydrogen (secondary N) is 1. The minimum absolute atomic E-state index is 0.0312. The van der Waals surface area contributed by atoms with Gasteiger partial charge in [0.15, 0.2) is 0 Å². The SMILES string of the molecule is CCNC(C)c1cc(F)ccc1N1CCC(C(N)=O)CC1. The lowest BCUT2D eigenvalue weighted by Gasteiger charge is -2.34. The standard InChI is InChI=1S/C16H24FN3O/c1-3-19-11(2)14-10-13(17)4-5-15(14)20-8-6-12(7-9-20)16(18)21/h4-5,10-12,19H,3,6-9H2,1-2H3,(H2,18,21). The molecule has 1 aliphatic heterocycles. The van der Waals surface area contributed by atoms with Crippen molar-refractivity contribution in [3.05, 3.63) is 29.6 Å². The van der Waals surface area contributed by atoms with Crippen LogP contribution in [0.4, 0.5) is 10.1 Å². The maximum absolute atomic E-state index is 13.6. The fourth-order valence-corrected chi connectivity index (χ4v) is 2.98. The Morgan fingerprint density at radius 1 is 1.48 bits per heavy atom. The number of primary amides is 1. The molecule has 1 saturated heterocycles. The Morgan fingerprint density at radius 3 is 2.71 bits per heavy atom. The summed E-state index contributed by atoms with van der Waals surface area (Å²) in [6.07, 6.45) is 1.53. The summed E-state index contributed by atoms with van der Waals surface area (Å²) >= 11 is 0. The van der Waals surface area contributed by atoms with Crippen LogP contribution < -0.4 is 16.0 Å². The highest BCUT2D eigenvalue weighted by atomic mass is 19.1. The molecule has 0 radical (unpaired) electrons. The molecule has 116 valence electrons. The predicted octanol–water partition coefficient (Wildman–Crippen LogP) is 2.20. The lowest BCUT2D eigenvalue weighted by molar-refractivity contribution is -0.122. The van der Waals surface area contributed by atoms with E-state index < -0.39 is 0 Å². The van der Waals surface area contributed by atoms with Crippen LogP contribution in [0, 0.1) is 11.7 Å². The van der Waals surface area contributed by atoms with E-state index in [0.717, 1.165) is 43.7 Å². The summed E-state index contributed by atoms with van der Waals surface area (Å²) in [7, 11) is 0. The van der Waals surface area contributed by atoms with Crippen molar-refractivity contribution in [3.8, 4) is 0 Å². The first-order valence-corrected chi connectivity index (χ1v) is 7.60. The normalized spacial score (nSPS) is 17.8. The van der Waals surface area contributed by atoms with Gasteiger partial charge in [0.25, 0.3) is 0 Å². The smallest absolute Gasteiger partial charge is 0.220 e. The number of benzene rings is 1. The number of amides is 1. The number of nitrogens with zero attached hydrogens (tertiary/aromatic N) is 1. The van der Waals surface area contributed by atoms with Gasteiger partial charge in [0, 0.05) is 30.7 Å². The molecule has 3 N–H and O–H groups in total. The van der Waals surface area contributed by atoms with E-state index in [-0.39, 0.29) is 23.7 Å². The van der Waals surface area contributed by atoms with Crippen LogP contribution >= 0.6 is 0 Å². The minimum Gasteiger partial charge on any atom is -0.371 e. The molecule has 1 atom stereocenters. The second-order valence-electron chi connectivity index (χ2n) is 5.65. The number of rotatable bonds is 5. The number of halogens is 1. The highest BCUT2D eigenvalue weighted by Gasteiger charge is 2.25.